The SMILES string of the molecule is Cc1cc2c([Si])cccc2cc1S. The summed E-state index contributed by atoms with van der Waals surface area (Å²) in [5.41, 5.74) is 1.21. The van der Waals surface area contributed by atoms with E-state index in [9.17, 15) is 0 Å². The van der Waals surface area contributed by atoms with Gasteiger partial charge in [-0.2, -0.15) is 0 Å². The minimum absolute atomic E-state index is 1.05. The van der Waals surface area contributed by atoms with Gasteiger partial charge in [-0.3, -0.25) is 0 Å². The maximum absolute atomic E-state index is 4.39. The lowest BCUT2D eigenvalue weighted by Crippen LogP contribution is -2.02. The van der Waals surface area contributed by atoms with Crippen molar-refractivity contribution in [2.24, 2.45) is 0 Å². The molecule has 0 unspecified atom stereocenters. The molecule has 2 heteroatoms. The third-order valence-corrected chi connectivity index (χ3v) is 3.11. The van der Waals surface area contributed by atoms with Crippen LogP contribution in [0.3, 0.4) is 0 Å². The highest BCUT2D eigenvalue weighted by atomic mass is 32.1. The first-order valence-electron chi connectivity index (χ1n) is 4.12. The van der Waals surface area contributed by atoms with Gasteiger partial charge in [0, 0.05) is 4.90 Å². The number of thiol groups is 1. The van der Waals surface area contributed by atoms with E-state index in [4.69, 9.17) is 0 Å². The molecule has 0 nitrogen and oxygen atoms in total. The van der Waals surface area contributed by atoms with E-state index < -0.39 is 0 Å². The molecule has 2 rings (SSSR count). The summed E-state index contributed by atoms with van der Waals surface area (Å²) in [6.07, 6.45) is 0. The highest BCUT2D eigenvalue weighted by molar-refractivity contribution is 7.80. The fraction of sp³-hybridized carbons (Fsp3) is 0.0909. The van der Waals surface area contributed by atoms with Gasteiger partial charge in [0.1, 0.15) is 0 Å². The predicted octanol–water partition coefficient (Wildman–Crippen LogP) is 2.23. The molecular weight excluding hydrogens is 192 g/mol. The second-order valence-corrected chi connectivity index (χ2v) is 4.19. The molecule has 0 spiro atoms. The Morgan fingerprint density at radius 3 is 2.77 bits per heavy atom. The van der Waals surface area contributed by atoms with Gasteiger partial charge in [0.25, 0.3) is 0 Å². The minimum atomic E-state index is 1.05. The van der Waals surface area contributed by atoms with Gasteiger partial charge >= 0.3 is 0 Å². The fourth-order valence-electron chi connectivity index (χ4n) is 1.42. The monoisotopic (exact) mass is 201 g/mol. The van der Waals surface area contributed by atoms with Crippen LogP contribution in [0.25, 0.3) is 10.8 Å². The van der Waals surface area contributed by atoms with Crippen LogP contribution < -0.4 is 5.19 Å². The normalized spacial score (nSPS) is 10.7. The molecule has 0 saturated carbocycles. The maximum Gasteiger partial charge on any atom is 0.0720 e. The number of hydrogen-bond donors (Lipinski definition) is 1. The lowest BCUT2D eigenvalue weighted by Gasteiger charge is -2.05. The van der Waals surface area contributed by atoms with Gasteiger partial charge in [-0.15, -0.1) is 12.6 Å². The second kappa shape index (κ2) is 3.20. The van der Waals surface area contributed by atoms with E-state index in [2.05, 4.69) is 54.1 Å². The predicted molar refractivity (Wildman–Crippen MR) is 61.3 cm³/mol. The van der Waals surface area contributed by atoms with Crippen molar-refractivity contribution in [3.05, 3.63) is 35.9 Å². The number of benzene rings is 2. The fourth-order valence-corrected chi connectivity index (χ4v) is 1.94. The molecule has 0 saturated heterocycles. The van der Waals surface area contributed by atoms with E-state index in [1.807, 2.05) is 6.07 Å². The molecule has 2 aromatic carbocycles. The van der Waals surface area contributed by atoms with E-state index >= 15 is 0 Å². The van der Waals surface area contributed by atoms with Crippen LogP contribution in [0.15, 0.2) is 35.2 Å². The summed E-state index contributed by atoms with van der Waals surface area (Å²) < 4.78 is 0. The third-order valence-electron chi connectivity index (χ3n) is 2.20. The first-order valence-corrected chi connectivity index (χ1v) is 5.07. The molecular formula is C11H9SSi. The summed E-state index contributed by atoms with van der Waals surface area (Å²) >= 11 is 4.39. The van der Waals surface area contributed by atoms with Crippen LogP contribution >= 0.6 is 12.6 Å². The average Bonchev–Trinajstić information content (AvgIpc) is 2.09. The van der Waals surface area contributed by atoms with Crippen LogP contribution in [0.5, 0.6) is 0 Å². The molecule has 0 aliphatic heterocycles. The van der Waals surface area contributed by atoms with Crippen LogP contribution in [0.2, 0.25) is 0 Å². The summed E-state index contributed by atoms with van der Waals surface area (Å²) in [7, 11) is 3.58. The Kier molecular flexibility index (Phi) is 2.18. The van der Waals surface area contributed by atoms with Gasteiger partial charge in [-0.1, -0.05) is 29.5 Å². The van der Waals surface area contributed by atoms with Crippen LogP contribution in [0.1, 0.15) is 5.56 Å². The standard InChI is InChI=1S/C11H9SSi/c1-7-5-9-8(6-10(7)12)3-2-4-11(9)13/h2-6,12H,1H3. The van der Waals surface area contributed by atoms with E-state index in [1.54, 1.807) is 0 Å². The molecule has 0 aromatic heterocycles. The van der Waals surface area contributed by atoms with Gasteiger partial charge in [0.05, 0.1) is 10.2 Å². The summed E-state index contributed by atoms with van der Waals surface area (Å²) in [5.74, 6) is 0. The van der Waals surface area contributed by atoms with Crippen LogP contribution in [-0.2, 0) is 0 Å². The first-order chi connectivity index (χ1) is 6.18. The van der Waals surface area contributed by atoms with E-state index in [-0.39, 0.29) is 0 Å². The van der Waals surface area contributed by atoms with E-state index in [1.165, 1.54) is 16.3 Å². The molecule has 0 fully saturated rings. The minimum Gasteiger partial charge on any atom is -0.143 e. The number of hydrogen-bond acceptors (Lipinski definition) is 1. The third kappa shape index (κ3) is 1.52. The second-order valence-electron chi connectivity index (χ2n) is 3.17. The molecule has 0 aliphatic carbocycles. The lowest BCUT2D eigenvalue weighted by molar-refractivity contribution is 1.34. The number of rotatable bonds is 0. The summed E-state index contributed by atoms with van der Waals surface area (Å²) in [6, 6.07) is 10.4. The Bertz CT molecular complexity index is 463. The molecule has 0 heterocycles. The van der Waals surface area contributed by atoms with Crippen LogP contribution in [0.4, 0.5) is 0 Å². The number of fused-ring (bicyclic) bond motifs is 1. The molecule has 2 aromatic rings. The molecule has 0 N–H and O–H groups in total. The average molecular weight is 201 g/mol. The summed E-state index contributed by atoms with van der Waals surface area (Å²) in [6.45, 7) is 2.07. The maximum atomic E-state index is 4.39. The number of aryl methyl sites for hydroxylation is 1. The molecule has 0 bridgehead atoms. The van der Waals surface area contributed by atoms with Crippen molar-refractivity contribution in [2.75, 3.05) is 0 Å². The van der Waals surface area contributed by atoms with Crippen molar-refractivity contribution in [1.29, 1.82) is 0 Å². The Labute approximate surface area is 86.8 Å². The zero-order valence-electron chi connectivity index (χ0n) is 7.33. The lowest BCUT2D eigenvalue weighted by atomic mass is 10.1. The van der Waals surface area contributed by atoms with Crippen molar-refractivity contribution in [3.63, 3.8) is 0 Å². The molecule has 13 heavy (non-hydrogen) atoms. The van der Waals surface area contributed by atoms with Crippen LogP contribution in [0, 0.1) is 6.92 Å². The zero-order valence-corrected chi connectivity index (χ0v) is 9.23. The molecule has 0 aliphatic rings. The summed E-state index contributed by atoms with van der Waals surface area (Å²) in [4.78, 5) is 1.05. The van der Waals surface area contributed by atoms with Crippen molar-refractivity contribution < 1.29 is 0 Å². The van der Waals surface area contributed by atoms with Gasteiger partial charge in [0.15, 0.2) is 0 Å². The smallest absolute Gasteiger partial charge is 0.0720 e. The molecule has 63 valence electrons. The van der Waals surface area contributed by atoms with Crippen molar-refractivity contribution in [3.8, 4) is 0 Å². The van der Waals surface area contributed by atoms with E-state index in [0.717, 1.165) is 10.1 Å². The van der Waals surface area contributed by atoms with Gasteiger partial charge < -0.3 is 0 Å². The molecule has 3 radical (unpaired) electrons. The molecule has 0 atom stereocenters. The van der Waals surface area contributed by atoms with Gasteiger partial charge in [-0.05, 0) is 29.3 Å². The Morgan fingerprint density at radius 1 is 1.23 bits per heavy atom. The largest absolute Gasteiger partial charge is 0.143 e. The van der Waals surface area contributed by atoms with Crippen molar-refractivity contribution in [2.45, 2.75) is 11.8 Å². The van der Waals surface area contributed by atoms with E-state index in [0.29, 0.717) is 0 Å². The van der Waals surface area contributed by atoms with Crippen molar-refractivity contribution >= 4 is 38.8 Å². The van der Waals surface area contributed by atoms with Gasteiger partial charge in [-0.25, -0.2) is 0 Å². The Hall–Kier alpha value is -0.733. The topological polar surface area (TPSA) is 0 Å². The highest BCUT2D eigenvalue weighted by Gasteiger charge is 1.99. The zero-order chi connectivity index (χ0) is 9.42. The Balaban J connectivity index is 2.89. The quantitative estimate of drug-likeness (QED) is 0.490. The van der Waals surface area contributed by atoms with Crippen LogP contribution in [-0.4, -0.2) is 10.2 Å². The van der Waals surface area contributed by atoms with Gasteiger partial charge in [0.2, 0.25) is 0 Å². The van der Waals surface area contributed by atoms with Crippen molar-refractivity contribution in [1.82, 2.24) is 0 Å². The summed E-state index contributed by atoms with van der Waals surface area (Å²) in [5, 5.41) is 3.60. The highest BCUT2D eigenvalue weighted by Crippen LogP contribution is 2.20. The molecule has 0 amide bonds. The Morgan fingerprint density at radius 2 is 2.00 bits per heavy atom. The first kappa shape index (κ1) is 8.85.